The molecule has 1 fully saturated rings. The van der Waals surface area contributed by atoms with Crippen LogP contribution in [0.15, 0.2) is 60.7 Å². The fourth-order valence-corrected chi connectivity index (χ4v) is 3.36. The third-order valence-electron chi connectivity index (χ3n) is 4.57. The van der Waals surface area contributed by atoms with Crippen molar-refractivity contribution in [3.8, 4) is 0 Å². The summed E-state index contributed by atoms with van der Waals surface area (Å²) in [6.45, 7) is 3.42. The minimum absolute atomic E-state index is 0.151. The van der Waals surface area contributed by atoms with Crippen LogP contribution in [0.4, 0.5) is 0 Å². The van der Waals surface area contributed by atoms with Crippen LogP contribution in [-0.4, -0.2) is 33.7 Å². The Bertz CT molecular complexity index is 585. The molecular weight excluding hydrogens is 284 g/mol. The maximum absolute atomic E-state index is 6.46. The lowest BCUT2D eigenvalue weighted by atomic mass is 10.1. The van der Waals surface area contributed by atoms with Crippen LogP contribution in [0.1, 0.15) is 29.9 Å². The Morgan fingerprint density at radius 2 is 1.57 bits per heavy atom. The van der Waals surface area contributed by atoms with Crippen LogP contribution in [0.25, 0.3) is 0 Å². The van der Waals surface area contributed by atoms with E-state index in [1.807, 2.05) is 0 Å². The van der Waals surface area contributed by atoms with Gasteiger partial charge in [0.15, 0.2) is 0 Å². The normalized spacial score (nSPS) is 24.2. The van der Waals surface area contributed by atoms with Gasteiger partial charge < -0.3 is 14.5 Å². The second kappa shape index (κ2) is 7.73. The first-order valence-corrected chi connectivity index (χ1v) is 8.63. The Kier molecular flexibility index (Phi) is 5.44. The predicted molar refractivity (Wildman–Crippen MR) is 92.4 cm³/mol. The molecule has 0 aromatic heterocycles. The van der Waals surface area contributed by atoms with Crippen LogP contribution in [0.3, 0.4) is 0 Å². The van der Waals surface area contributed by atoms with E-state index in [9.17, 15) is 0 Å². The maximum atomic E-state index is 6.46. The molecule has 1 saturated heterocycles. The molecular formula is C20H28N2O+2. The number of rotatable bonds is 6. The topological polar surface area (TPSA) is 18.1 Å². The van der Waals surface area contributed by atoms with Gasteiger partial charge in [-0.2, -0.15) is 0 Å². The largest absolute Gasteiger partial charge is 0.340 e. The van der Waals surface area contributed by atoms with Gasteiger partial charge in [0.05, 0.1) is 27.2 Å². The van der Waals surface area contributed by atoms with E-state index in [0.717, 1.165) is 13.1 Å². The van der Waals surface area contributed by atoms with Crippen LogP contribution >= 0.6 is 0 Å². The molecule has 23 heavy (non-hydrogen) atoms. The number of hydrogen-bond acceptors (Lipinski definition) is 1. The van der Waals surface area contributed by atoms with Gasteiger partial charge in [-0.3, -0.25) is 0 Å². The van der Waals surface area contributed by atoms with Gasteiger partial charge in [-0.05, 0) is 5.56 Å². The van der Waals surface area contributed by atoms with Crippen LogP contribution in [0.5, 0.6) is 0 Å². The van der Waals surface area contributed by atoms with Gasteiger partial charge in [-0.15, -0.1) is 0 Å². The number of quaternary nitrogens is 2. The molecule has 0 spiro atoms. The smallest absolute Gasteiger partial charge is 0.219 e. The molecule has 2 aromatic carbocycles. The molecule has 3 rings (SSSR count). The second-order valence-corrected chi connectivity index (χ2v) is 6.75. The van der Waals surface area contributed by atoms with Crippen molar-refractivity contribution in [2.75, 3.05) is 33.7 Å². The lowest BCUT2D eigenvalue weighted by molar-refractivity contribution is -0.936. The summed E-state index contributed by atoms with van der Waals surface area (Å²) in [4.78, 5) is 3.06. The van der Waals surface area contributed by atoms with Crippen molar-refractivity contribution in [3.63, 3.8) is 0 Å². The summed E-state index contributed by atoms with van der Waals surface area (Å²) in [5.74, 6) is 0. The molecule has 3 atom stereocenters. The first-order chi connectivity index (χ1) is 11.2. The molecule has 3 nitrogen and oxygen atoms in total. The van der Waals surface area contributed by atoms with E-state index in [1.165, 1.54) is 29.0 Å². The molecule has 122 valence electrons. The summed E-state index contributed by atoms with van der Waals surface area (Å²) >= 11 is 0. The lowest BCUT2D eigenvalue weighted by Gasteiger charge is -2.20. The second-order valence-electron chi connectivity index (χ2n) is 6.75. The standard InChI is InChI=1S/C20H26N2O/c1-21(2)14-9-15-22-16-19(17-10-5-3-6-11-17)23-20(22)18-12-7-4-8-13-18/h3-8,10-13,19-20H,9,14-16H2,1-2H3/p+2/t19-,20-/m1/s1. The Labute approximate surface area is 139 Å². The molecule has 0 saturated carbocycles. The fourth-order valence-electron chi connectivity index (χ4n) is 3.36. The Hall–Kier alpha value is -1.68. The van der Waals surface area contributed by atoms with Gasteiger partial charge in [0, 0.05) is 12.0 Å². The van der Waals surface area contributed by atoms with Gasteiger partial charge >= 0.3 is 0 Å². The monoisotopic (exact) mass is 312 g/mol. The summed E-state index contributed by atoms with van der Waals surface area (Å²) in [6.07, 6.45) is 1.58. The maximum Gasteiger partial charge on any atom is 0.219 e. The van der Waals surface area contributed by atoms with E-state index in [2.05, 4.69) is 74.8 Å². The summed E-state index contributed by atoms with van der Waals surface area (Å²) in [7, 11) is 4.44. The first-order valence-electron chi connectivity index (χ1n) is 8.63. The first kappa shape index (κ1) is 16.2. The highest BCUT2D eigenvalue weighted by atomic mass is 16.5. The van der Waals surface area contributed by atoms with Crippen molar-refractivity contribution < 1.29 is 14.5 Å². The molecule has 1 unspecified atom stereocenters. The average molecular weight is 312 g/mol. The summed E-state index contributed by atoms with van der Waals surface area (Å²) in [6, 6.07) is 21.3. The number of hydrogen-bond donors (Lipinski definition) is 2. The molecule has 0 radical (unpaired) electrons. The Morgan fingerprint density at radius 3 is 2.17 bits per heavy atom. The van der Waals surface area contributed by atoms with Gasteiger partial charge in [-0.1, -0.05) is 60.7 Å². The zero-order valence-corrected chi connectivity index (χ0v) is 14.2. The third kappa shape index (κ3) is 4.20. The van der Waals surface area contributed by atoms with Crippen LogP contribution < -0.4 is 9.80 Å². The van der Waals surface area contributed by atoms with Gasteiger partial charge in [-0.25, -0.2) is 0 Å². The van der Waals surface area contributed by atoms with Crippen LogP contribution in [-0.2, 0) is 4.74 Å². The van der Waals surface area contributed by atoms with E-state index < -0.39 is 0 Å². The zero-order valence-electron chi connectivity index (χ0n) is 14.2. The minimum atomic E-state index is 0.151. The average Bonchev–Trinajstić information content (AvgIpc) is 3.00. The van der Waals surface area contributed by atoms with Crippen LogP contribution in [0, 0.1) is 0 Å². The van der Waals surface area contributed by atoms with Crippen molar-refractivity contribution in [1.29, 1.82) is 0 Å². The third-order valence-corrected chi connectivity index (χ3v) is 4.57. The van der Waals surface area contributed by atoms with Crippen molar-refractivity contribution >= 4 is 0 Å². The minimum Gasteiger partial charge on any atom is -0.340 e. The van der Waals surface area contributed by atoms with Crippen molar-refractivity contribution in [2.24, 2.45) is 0 Å². The molecule has 3 heteroatoms. The molecule has 0 aliphatic carbocycles. The Morgan fingerprint density at radius 1 is 0.957 bits per heavy atom. The van der Waals surface area contributed by atoms with Crippen molar-refractivity contribution in [1.82, 2.24) is 0 Å². The number of ether oxygens (including phenoxy) is 1. The van der Waals surface area contributed by atoms with Gasteiger partial charge in [0.2, 0.25) is 6.23 Å². The SMILES string of the molecule is C[NH+](C)CCC[NH+]1C[C@H](c2ccccc2)O[C@@H]1c1ccccc1. The van der Waals surface area contributed by atoms with E-state index in [1.54, 1.807) is 4.90 Å². The van der Waals surface area contributed by atoms with Crippen LogP contribution in [0.2, 0.25) is 0 Å². The highest BCUT2D eigenvalue weighted by Crippen LogP contribution is 2.27. The van der Waals surface area contributed by atoms with E-state index in [0.29, 0.717) is 0 Å². The number of benzene rings is 2. The molecule has 2 N–H and O–H groups in total. The molecule has 1 aliphatic heterocycles. The van der Waals surface area contributed by atoms with Gasteiger partial charge in [0.1, 0.15) is 12.6 Å². The van der Waals surface area contributed by atoms with Crippen molar-refractivity contribution in [2.45, 2.75) is 18.8 Å². The molecule has 2 aromatic rings. The molecule has 0 bridgehead atoms. The fraction of sp³-hybridized carbons (Fsp3) is 0.400. The number of nitrogens with one attached hydrogen (secondary N) is 2. The highest BCUT2D eigenvalue weighted by molar-refractivity contribution is 5.20. The molecule has 1 aliphatic rings. The zero-order chi connectivity index (χ0) is 16.1. The predicted octanol–water partition coefficient (Wildman–Crippen LogP) is 0.876. The van der Waals surface area contributed by atoms with E-state index in [-0.39, 0.29) is 12.3 Å². The summed E-state index contributed by atoms with van der Waals surface area (Å²) in [5, 5.41) is 0. The molecule has 1 heterocycles. The van der Waals surface area contributed by atoms with E-state index >= 15 is 0 Å². The summed E-state index contributed by atoms with van der Waals surface area (Å²) < 4.78 is 6.46. The van der Waals surface area contributed by atoms with Crippen molar-refractivity contribution in [3.05, 3.63) is 71.8 Å². The lowest BCUT2D eigenvalue weighted by Crippen LogP contribution is -3.12. The van der Waals surface area contributed by atoms with Gasteiger partial charge in [0.25, 0.3) is 0 Å². The van der Waals surface area contributed by atoms with E-state index in [4.69, 9.17) is 4.74 Å². The Balaban J connectivity index is 1.74. The molecule has 0 amide bonds. The summed E-state index contributed by atoms with van der Waals surface area (Å²) in [5.41, 5.74) is 2.58. The quantitative estimate of drug-likeness (QED) is 0.810. The highest BCUT2D eigenvalue weighted by Gasteiger charge is 2.38.